The number of H-pyrrole nitrogens is 1. The summed E-state index contributed by atoms with van der Waals surface area (Å²) < 4.78 is 5.93. The lowest BCUT2D eigenvalue weighted by molar-refractivity contribution is -0.384. The van der Waals surface area contributed by atoms with Crippen molar-refractivity contribution in [2.75, 3.05) is 16.8 Å². The summed E-state index contributed by atoms with van der Waals surface area (Å²) >= 11 is 2.08. The second-order valence-electron chi connectivity index (χ2n) is 9.28. The van der Waals surface area contributed by atoms with E-state index in [9.17, 15) is 29.3 Å². The Morgan fingerprint density at radius 1 is 0.976 bits per heavy atom. The number of thiazole rings is 1. The zero-order chi connectivity index (χ0) is 28.7. The first kappa shape index (κ1) is 26.5. The van der Waals surface area contributed by atoms with Crippen LogP contribution in [0.5, 0.6) is 5.75 Å². The molecule has 1 saturated heterocycles. The maximum atomic E-state index is 13.9. The van der Waals surface area contributed by atoms with E-state index >= 15 is 0 Å². The highest BCUT2D eigenvalue weighted by Crippen LogP contribution is 2.54. The number of anilines is 2. The van der Waals surface area contributed by atoms with Gasteiger partial charge >= 0.3 is 4.87 Å². The van der Waals surface area contributed by atoms with Gasteiger partial charge in [0.25, 0.3) is 11.6 Å². The highest BCUT2D eigenvalue weighted by atomic mass is 32.2. The molecule has 3 aromatic carbocycles. The number of nitro groups is 1. The van der Waals surface area contributed by atoms with Gasteiger partial charge in [-0.1, -0.05) is 59.5 Å². The van der Waals surface area contributed by atoms with Crippen molar-refractivity contribution in [1.29, 1.82) is 0 Å². The number of nitro benzene ring substituents is 1. The molecule has 0 saturated carbocycles. The summed E-state index contributed by atoms with van der Waals surface area (Å²) in [7, 11) is 0. The van der Waals surface area contributed by atoms with Crippen molar-refractivity contribution in [3.05, 3.63) is 109 Å². The third-order valence-electron chi connectivity index (χ3n) is 6.81. The molecule has 3 heterocycles. The summed E-state index contributed by atoms with van der Waals surface area (Å²) in [5, 5.41) is 13.5. The molecule has 1 fully saturated rings. The van der Waals surface area contributed by atoms with Gasteiger partial charge < -0.3 is 15.0 Å². The average Bonchev–Trinajstić information content (AvgIpc) is 3.46. The van der Waals surface area contributed by atoms with Crippen LogP contribution in [0.4, 0.5) is 17.1 Å². The molecule has 2 unspecified atom stereocenters. The van der Waals surface area contributed by atoms with E-state index in [0.717, 1.165) is 28.0 Å². The fourth-order valence-electron chi connectivity index (χ4n) is 5.06. The van der Waals surface area contributed by atoms with Gasteiger partial charge in [-0.25, -0.2) is 4.90 Å². The number of aromatic nitrogens is 1. The summed E-state index contributed by atoms with van der Waals surface area (Å²) in [4.78, 5) is 67.2. The first-order valence-corrected chi connectivity index (χ1v) is 14.1. The van der Waals surface area contributed by atoms with Crippen LogP contribution < -0.4 is 19.8 Å². The SMILES string of the molecule is O=C(COc1ccccc1[C@H]1c2sc(=O)[nH]c2SC2C(=O)N(c3ccc([N+](=O)[O-])cc3)C(=O)C21)Nc1ccccc1. The summed E-state index contributed by atoms with van der Waals surface area (Å²) in [6.45, 7) is -0.306. The van der Waals surface area contributed by atoms with Crippen LogP contribution in [-0.4, -0.2) is 39.5 Å². The van der Waals surface area contributed by atoms with Crippen LogP contribution in [0.2, 0.25) is 0 Å². The van der Waals surface area contributed by atoms with Crippen molar-refractivity contribution in [3.8, 4) is 5.75 Å². The number of amides is 3. The number of imide groups is 1. The number of rotatable bonds is 7. The fraction of sp³-hybridized carbons (Fsp3) is 0.143. The van der Waals surface area contributed by atoms with Crippen molar-refractivity contribution in [2.24, 2.45) is 5.92 Å². The molecular weight excluding hydrogens is 568 g/mol. The van der Waals surface area contributed by atoms with E-state index in [2.05, 4.69) is 10.3 Å². The maximum absolute atomic E-state index is 13.9. The Bertz CT molecular complexity index is 1740. The van der Waals surface area contributed by atoms with E-state index in [0.29, 0.717) is 26.9 Å². The van der Waals surface area contributed by atoms with Crippen LogP contribution in [0.3, 0.4) is 0 Å². The molecule has 2 aliphatic heterocycles. The number of non-ortho nitro benzene ring substituents is 1. The van der Waals surface area contributed by atoms with Crippen LogP contribution in [-0.2, 0) is 14.4 Å². The summed E-state index contributed by atoms with van der Waals surface area (Å²) in [5.41, 5.74) is 1.22. The molecule has 2 N–H and O–H groups in total. The number of nitrogens with zero attached hydrogens (tertiary/aromatic N) is 2. The molecular formula is C28H20N4O7S2. The van der Waals surface area contributed by atoms with Crippen molar-refractivity contribution in [1.82, 2.24) is 4.98 Å². The minimum absolute atomic E-state index is 0.167. The molecule has 1 aromatic heterocycles. The van der Waals surface area contributed by atoms with Crippen molar-refractivity contribution >= 4 is 57.9 Å². The van der Waals surface area contributed by atoms with Gasteiger partial charge in [-0.3, -0.25) is 29.3 Å². The van der Waals surface area contributed by atoms with Gasteiger partial charge in [0.1, 0.15) is 11.0 Å². The lowest BCUT2D eigenvalue weighted by atomic mass is 9.82. The number of carbonyl (C=O) groups excluding carboxylic acids is 3. The van der Waals surface area contributed by atoms with E-state index in [1.165, 1.54) is 24.3 Å². The third-order valence-corrected chi connectivity index (χ3v) is 9.21. The van der Waals surface area contributed by atoms with Gasteiger partial charge in [-0.15, -0.1) is 0 Å². The molecule has 3 atom stereocenters. The van der Waals surface area contributed by atoms with Gasteiger partial charge in [-0.2, -0.15) is 0 Å². The third kappa shape index (κ3) is 4.89. The Balaban J connectivity index is 1.34. The topological polar surface area (TPSA) is 152 Å². The predicted molar refractivity (Wildman–Crippen MR) is 153 cm³/mol. The zero-order valence-corrected chi connectivity index (χ0v) is 22.6. The Hall–Kier alpha value is -4.75. The van der Waals surface area contributed by atoms with Crippen LogP contribution >= 0.6 is 23.1 Å². The molecule has 0 bridgehead atoms. The first-order valence-electron chi connectivity index (χ1n) is 12.4. The summed E-state index contributed by atoms with van der Waals surface area (Å²) in [5.74, 6) is -2.62. The molecule has 0 aliphatic carbocycles. The van der Waals surface area contributed by atoms with Crippen LogP contribution in [0.15, 0.2) is 88.7 Å². The number of para-hydroxylation sites is 2. The van der Waals surface area contributed by atoms with E-state index in [-0.39, 0.29) is 28.8 Å². The highest BCUT2D eigenvalue weighted by Gasteiger charge is 2.56. The Kier molecular flexibility index (Phi) is 6.89. The highest BCUT2D eigenvalue weighted by molar-refractivity contribution is 8.00. The zero-order valence-electron chi connectivity index (χ0n) is 21.0. The van der Waals surface area contributed by atoms with Gasteiger partial charge in [-0.05, 0) is 30.3 Å². The number of carbonyl (C=O) groups is 3. The van der Waals surface area contributed by atoms with Gasteiger partial charge in [0, 0.05) is 34.2 Å². The summed E-state index contributed by atoms with van der Waals surface area (Å²) in [6.07, 6.45) is 0. The normalized spacial score (nSPS) is 19.4. The number of thioether (sulfide) groups is 1. The smallest absolute Gasteiger partial charge is 0.305 e. The molecule has 2 aliphatic rings. The van der Waals surface area contributed by atoms with Gasteiger partial charge in [0.05, 0.1) is 21.6 Å². The Morgan fingerprint density at radius 3 is 2.41 bits per heavy atom. The largest absolute Gasteiger partial charge is 0.483 e. The van der Waals surface area contributed by atoms with Crippen molar-refractivity contribution in [3.63, 3.8) is 0 Å². The van der Waals surface area contributed by atoms with Crippen molar-refractivity contribution in [2.45, 2.75) is 16.2 Å². The number of aromatic amines is 1. The summed E-state index contributed by atoms with van der Waals surface area (Å²) in [6, 6.07) is 21.0. The molecule has 3 amide bonds. The molecule has 11 nitrogen and oxygen atoms in total. The number of fused-ring (bicyclic) bond motifs is 2. The number of ether oxygens (including phenoxy) is 1. The van der Waals surface area contributed by atoms with Crippen LogP contribution in [0.25, 0.3) is 0 Å². The quantitative estimate of drug-likeness (QED) is 0.186. The standard InChI is InChI=1S/C28H20N4O7S2/c33-20(29-15-6-2-1-3-7-15)14-39-19-9-5-4-8-18(19)21-22-24(40-25-23(21)41-28(36)30-25)27(35)31(26(22)34)16-10-12-17(13-11-16)32(37)38/h1-13,21-22,24H,14H2,(H,29,33)(H,30,36)/t21-,22?,24?/m1/s1. The maximum Gasteiger partial charge on any atom is 0.305 e. The predicted octanol–water partition coefficient (Wildman–Crippen LogP) is 4.16. The second kappa shape index (κ2) is 10.7. The van der Waals surface area contributed by atoms with Gasteiger partial charge in [0.2, 0.25) is 11.8 Å². The van der Waals surface area contributed by atoms with Crippen LogP contribution in [0.1, 0.15) is 16.4 Å². The van der Waals surface area contributed by atoms with Gasteiger partial charge in [0.15, 0.2) is 6.61 Å². The number of hydrogen-bond donors (Lipinski definition) is 2. The number of nitrogens with one attached hydrogen (secondary N) is 2. The Morgan fingerprint density at radius 2 is 1.68 bits per heavy atom. The van der Waals surface area contributed by atoms with E-state index in [1.54, 1.807) is 48.5 Å². The Labute approximate surface area is 240 Å². The minimum Gasteiger partial charge on any atom is -0.483 e. The molecule has 13 heteroatoms. The fourth-order valence-corrected chi connectivity index (χ4v) is 7.57. The number of hydrogen-bond acceptors (Lipinski definition) is 9. The molecule has 206 valence electrons. The van der Waals surface area contributed by atoms with E-state index in [4.69, 9.17) is 4.74 Å². The second-order valence-corrected chi connectivity index (χ2v) is 11.4. The lowest BCUT2D eigenvalue weighted by Gasteiger charge is -2.30. The molecule has 4 aromatic rings. The minimum atomic E-state index is -0.885. The van der Waals surface area contributed by atoms with Crippen molar-refractivity contribution < 1.29 is 24.0 Å². The molecule has 41 heavy (non-hydrogen) atoms. The average molecular weight is 589 g/mol. The molecule has 0 radical (unpaired) electrons. The van der Waals surface area contributed by atoms with E-state index < -0.39 is 33.8 Å². The first-order chi connectivity index (χ1) is 19.8. The lowest BCUT2D eigenvalue weighted by Crippen LogP contribution is -2.32. The van der Waals surface area contributed by atoms with E-state index in [1.807, 2.05) is 6.07 Å². The molecule has 6 rings (SSSR count). The monoisotopic (exact) mass is 588 g/mol. The van der Waals surface area contributed by atoms with Crippen LogP contribution in [0, 0.1) is 16.0 Å². The number of benzene rings is 3. The molecule has 0 spiro atoms.